The van der Waals surface area contributed by atoms with Crippen molar-refractivity contribution in [3.8, 4) is 11.5 Å². The highest BCUT2D eigenvalue weighted by Gasteiger charge is 2.15. The molecule has 4 heteroatoms. The Hall–Kier alpha value is -1.26. The SMILES string of the molecule is COc1ccc(CNCC(C)(C)CO)cc1OC. The maximum absolute atomic E-state index is 9.17. The number of methoxy groups -OCH3 is 2. The molecule has 0 aliphatic carbocycles. The first kappa shape index (κ1) is 14.8. The summed E-state index contributed by atoms with van der Waals surface area (Å²) in [6.45, 7) is 5.72. The van der Waals surface area contributed by atoms with E-state index >= 15 is 0 Å². The molecule has 0 saturated heterocycles. The van der Waals surface area contributed by atoms with Gasteiger partial charge in [-0.2, -0.15) is 0 Å². The summed E-state index contributed by atoms with van der Waals surface area (Å²) in [5.74, 6) is 1.47. The van der Waals surface area contributed by atoms with E-state index in [2.05, 4.69) is 5.32 Å². The predicted molar refractivity (Wildman–Crippen MR) is 72.1 cm³/mol. The number of hydrogen-bond donors (Lipinski definition) is 2. The van der Waals surface area contributed by atoms with Crippen LogP contribution in [0.2, 0.25) is 0 Å². The number of hydrogen-bond acceptors (Lipinski definition) is 4. The highest BCUT2D eigenvalue weighted by molar-refractivity contribution is 5.42. The molecule has 0 saturated carbocycles. The molecule has 0 fully saturated rings. The average molecular weight is 253 g/mol. The Morgan fingerprint density at radius 1 is 1.17 bits per heavy atom. The summed E-state index contributed by atoms with van der Waals surface area (Å²) in [5, 5.41) is 12.5. The Morgan fingerprint density at radius 3 is 2.39 bits per heavy atom. The maximum atomic E-state index is 9.17. The zero-order valence-electron chi connectivity index (χ0n) is 11.6. The molecule has 4 nitrogen and oxygen atoms in total. The van der Waals surface area contributed by atoms with Crippen LogP contribution in [0.25, 0.3) is 0 Å². The lowest BCUT2D eigenvalue weighted by atomic mass is 9.95. The van der Waals surface area contributed by atoms with Crippen LogP contribution in [0.4, 0.5) is 0 Å². The van der Waals surface area contributed by atoms with Crippen LogP contribution in [-0.4, -0.2) is 32.5 Å². The summed E-state index contributed by atoms with van der Waals surface area (Å²) in [4.78, 5) is 0. The minimum absolute atomic E-state index is 0.101. The standard InChI is InChI=1S/C14H23NO3/c1-14(2,10-16)9-15-8-11-5-6-12(17-3)13(7-11)18-4/h5-7,15-16H,8-10H2,1-4H3. The Labute approximate surface area is 109 Å². The van der Waals surface area contributed by atoms with Crippen LogP contribution < -0.4 is 14.8 Å². The lowest BCUT2D eigenvalue weighted by Crippen LogP contribution is -2.31. The fourth-order valence-electron chi connectivity index (χ4n) is 1.59. The van der Waals surface area contributed by atoms with Crippen molar-refractivity contribution >= 4 is 0 Å². The van der Waals surface area contributed by atoms with Gasteiger partial charge in [0.15, 0.2) is 11.5 Å². The minimum atomic E-state index is -0.101. The monoisotopic (exact) mass is 253 g/mol. The zero-order valence-corrected chi connectivity index (χ0v) is 11.6. The summed E-state index contributed by atoms with van der Waals surface area (Å²) in [7, 11) is 3.25. The fourth-order valence-corrected chi connectivity index (χ4v) is 1.59. The lowest BCUT2D eigenvalue weighted by molar-refractivity contribution is 0.156. The second-order valence-electron chi connectivity index (χ2n) is 5.12. The molecule has 0 spiro atoms. The quantitative estimate of drug-likeness (QED) is 0.778. The molecule has 0 aliphatic heterocycles. The van der Waals surface area contributed by atoms with Crippen molar-refractivity contribution in [3.63, 3.8) is 0 Å². The lowest BCUT2D eigenvalue weighted by Gasteiger charge is -2.22. The van der Waals surface area contributed by atoms with Crippen LogP contribution in [0.3, 0.4) is 0 Å². The number of nitrogens with one attached hydrogen (secondary N) is 1. The van der Waals surface area contributed by atoms with E-state index in [1.54, 1.807) is 14.2 Å². The van der Waals surface area contributed by atoms with E-state index in [0.717, 1.165) is 30.2 Å². The van der Waals surface area contributed by atoms with Gasteiger partial charge in [0, 0.05) is 25.1 Å². The van der Waals surface area contributed by atoms with Gasteiger partial charge in [-0.05, 0) is 17.7 Å². The minimum Gasteiger partial charge on any atom is -0.493 e. The molecule has 0 radical (unpaired) electrons. The highest BCUT2D eigenvalue weighted by atomic mass is 16.5. The smallest absolute Gasteiger partial charge is 0.161 e. The van der Waals surface area contributed by atoms with Crippen molar-refractivity contribution in [1.82, 2.24) is 5.32 Å². The van der Waals surface area contributed by atoms with Gasteiger partial charge in [-0.15, -0.1) is 0 Å². The molecule has 102 valence electrons. The predicted octanol–water partition coefficient (Wildman–Crippen LogP) is 1.81. The van der Waals surface area contributed by atoms with E-state index in [1.807, 2.05) is 32.0 Å². The molecule has 1 aromatic rings. The van der Waals surface area contributed by atoms with Crippen LogP contribution in [0.15, 0.2) is 18.2 Å². The van der Waals surface area contributed by atoms with Crippen molar-refractivity contribution < 1.29 is 14.6 Å². The van der Waals surface area contributed by atoms with Crippen molar-refractivity contribution in [2.45, 2.75) is 20.4 Å². The molecular weight excluding hydrogens is 230 g/mol. The van der Waals surface area contributed by atoms with Crippen LogP contribution in [0, 0.1) is 5.41 Å². The Bertz CT molecular complexity index is 377. The topological polar surface area (TPSA) is 50.7 Å². The summed E-state index contributed by atoms with van der Waals surface area (Å²) >= 11 is 0. The third kappa shape index (κ3) is 4.20. The van der Waals surface area contributed by atoms with Crippen LogP contribution in [0.1, 0.15) is 19.4 Å². The van der Waals surface area contributed by atoms with E-state index in [4.69, 9.17) is 14.6 Å². The Balaban J connectivity index is 2.58. The first-order valence-corrected chi connectivity index (χ1v) is 6.05. The van der Waals surface area contributed by atoms with Gasteiger partial charge in [-0.25, -0.2) is 0 Å². The first-order chi connectivity index (χ1) is 8.52. The van der Waals surface area contributed by atoms with Crippen LogP contribution in [-0.2, 0) is 6.54 Å². The molecule has 2 N–H and O–H groups in total. The van der Waals surface area contributed by atoms with Gasteiger partial charge in [0.1, 0.15) is 0 Å². The van der Waals surface area contributed by atoms with E-state index in [1.165, 1.54) is 0 Å². The average Bonchev–Trinajstić information content (AvgIpc) is 2.38. The molecule has 0 bridgehead atoms. The third-order valence-electron chi connectivity index (χ3n) is 2.81. The number of benzene rings is 1. The summed E-state index contributed by atoms with van der Waals surface area (Å²) in [6.07, 6.45) is 0. The molecular formula is C14H23NO3. The molecule has 0 atom stereocenters. The number of rotatable bonds is 7. The van der Waals surface area contributed by atoms with Crippen molar-refractivity contribution in [2.75, 3.05) is 27.4 Å². The van der Waals surface area contributed by atoms with Gasteiger partial charge in [-0.3, -0.25) is 0 Å². The third-order valence-corrected chi connectivity index (χ3v) is 2.81. The van der Waals surface area contributed by atoms with Gasteiger partial charge < -0.3 is 19.9 Å². The Kier molecular flexibility index (Phi) is 5.44. The van der Waals surface area contributed by atoms with Gasteiger partial charge in [-0.1, -0.05) is 19.9 Å². The molecule has 0 aromatic heterocycles. The van der Waals surface area contributed by atoms with Crippen molar-refractivity contribution in [2.24, 2.45) is 5.41 Å². The molecule has 1 rings (SSSR count). The molecule has 0 heterocycles. The first-order valence-electron chi connectivity index (χ1n) is 6.05. The molecule has 0 amide bonds. The second kappa shape index (κ2) is 6.61. The maximum Gasteiger partial charge on any atom is 0.161 e. The molecule has 0 aliphatic rings. The van der Waals surface area contributed by atoms with Gasteiger partial charge >= 0.3 is 0 Å². The number of aliphatic hydroxyl groups excluding tert-OH is 1. The second-order valence-corrected chi connectivity index (χ2v) is 5.12. The number of aliphatic hydroxyl groups is 1. The van der Waals surface area contributed by atoms with Crippen LogP contribution >= 0.6 is 0 Å². The normalized spacial score (nSPS) is 11.4. The van der Waals surface area contributed by atoms with Crippen molar-refractivity contribution in [3.05, 3.63) is 23.8 Å². The van der Waals surface area contributed by atoms with Gasteiger partial charge in [0.2, 0.25) is 0 Å². The largest absolute Gasteiger partial charge is 0.493 e. The zero-order chi connectivity index (χ0) is 13.6. The highest BCUT2D eigenvalue weighted by Crippen LogP contribution is 2.27. The van der Waals surface area contributed by atoms with Gasteiger partial charge in [0.05, 0.1) is 14.2 Å². The summed E-state index contributed by atoms with van der Waals surface area (Å²) in [5.41, 5.74) is 1.03. The van der Waals surface area contributed by atoms with Gasteiger partial charge in [0.25, 0.3) is 0 Å². The summed E-state index contributed by atoms with van der Waals surface area (Å²) in [6, 6.07) is 5.85. The number of ether oxygens (including phenoxy) is 2. The fraction of sp³-hybridized carbons (Fsp3) is 0.571. The molecule has 18 heavy (non-hydrogen) atoms. The molecule has 1 aromatic carbocycles. The molecule has 0 unspecified atom stereocenters. The van der Waals surface area contributed by atoms with E-state index < -0.39 is 0 Å². The van der Waals surface area contributed by atoms with Crippen molar-refractivity contribution in [1.29, 1.82) is 0 Å². The Morgan fingerprint density at radius 2 is 1.83 bits per heavy atom. The van der Waals surface area contributed by atoms with E-state index in [9.17, 15) is 0 Å². The summed E-state index contributed by atoms with van der Waals surface area (Å²) < 4.78 is 10.4. The van der Waals surface area contributed by atoms with E-state index in [-0.39, 0.29) is 12.0 Å². The van der Waals surface area contributed by atoms with E-state index in [0.29, 0.717) is 0 Å². The van der Waals surface area contributed by atoms with Crippen LogP contribution in [0.5, 0.6) is 11.5 Å².